The highest BCUT2D eigenvalue weighted by molar-refractivity contribution is 5.86. The zero-order valence-electron chi connectivity index (χ0n) is 12.8. The van der Waals surface area contributed by atoms with Crippen LogP contribution in [0.1, 0.15) is 31.7 Å². The van der Waals surface area contributed by atoms with E-state index in [4.69, 9.17) is 15.6 Å². The Kier molecular flexibility index (Phi) is 6.69. The summed E-state index contributed by atoms with van der Waals surface area (Å²) < 4.78 is 5.14. The Morgan fingerprint density at radius 1 is 1.24 bits per heavy atom. The van der Waals surface area contributed by atoms with Crippen molar-refractivity contribution in [3.63, 3.8) is 0 Å². The van der Waals surface area contributed by atoms with Gasteiger partial charge < -0.3 is 15.6 Å². The molecule has 0 aliphatic carbocycles. The molecule has 0 amide bonds. The van der Waals surface area contributed by atoms with Crippen LogP contribution in [0.15, 0.2) is 36.4 Å². The Morgan fingerprint density at radius 2 is 1.81 bits per heavy atom. The van der Waals surface area contributed by atoms with E-state index in [-0.39, 0.29) is 0 Å². The maximum Gasteiger partial charge on any atom is 0.310 e. The number of carboxylic acids is 1. The van der Waals surface area contributed by atoms with Gasteiger partial charge in [0.15, 0.2) is 0 Å². The van der Waals surface area contributed by atoms with Gasteiger partial charge in [0.25, 0.3) is 0 Å². The number of methoxy groups -OCH3 is 1. The van der Waals surface area contributed by atoms with Crippen molar-refractivity contribution >= 4 is 16.7 Å². The summed E-state index contributed by atoms with van der Waals surface area (Å²) in [6.45, 7) is 4.56. The Bertz CT molecular complexity index is 594. The van der Waals surface area contributed by atoms with Crippen molar-refractivity contribution in [2.45, 2.75) is 26.2 Å². The minimum atomic E-state index is -0.808. The summed E-state index contributed by atoms with van der Waals surface area (Å²) in [5.74, 6) is -0.490. The highest BCUT2D eigenvalue weighted by Crippen LogP contribution is 2.25. The summed E-state index contributed by atoms with van der Waals surface area (Å²) >= 11 is 0. The molecular weight excluding hydrogens is 266 g/mol. The molecule has 114 valence electrons. The fourth-order valence-corrected chi connectivity index (χ4v) is 1.78. The van der Waals surface area contributed by atoms with Gasteiger partial charge in [-0.3, -0.25) is 4.79 Å². The summed E-state index contributed by atoms with van der Waals surface area (Å²) in [6, 6.07) is 11.4. The maximum absolute atomic E-state index is 10.9. The SMILES string of the molecule is CCCN.COc1ccc2cc([C@H](C)C(=O)O)ccc2c1. The minimum Gasteiger partial charge on any atom is -0.497 e. The van der Waals surface area contributed by atoms with Crippen molar-refractivity contribution in [1.29, 1.82) is 0 Å². The second-order valence-electron chi connectivity index (χ2n) is 4.82. The zero-order valence-corrected chi connectivity index (χ0v) is 12.8. The highest BCUT2D eigenvalue weighted by Gasteiger charge is 2.13. The first-order valence-corrected chi connectivity index (χ1v) is 7.04. The first kappa shape index (κ1) is 17.0. The predicted molar refractivity (Wildman–Crippen MR) is 85.9 cm³/mol. The molecule has 1 atom stereocenters. The van der Waals surface area contributed by atoms with Crippen LogP contribution in [-0.2, 0) is 4.79 Å². The lowest BCUT2D eigenvalue weighted by Gasteiger charge is -2.08. The third-order valence-electron chi connectivity index (χ3n) is 3.23. The molecule has 21 heavy (non-hydrogen) atoms. The Balaban J connectivity index is 0.000000491. The van der Waals surface area contributed by atoms with Crippen molar-refractivity contribution < 1.29 is 14.6 Å². The molecule has 0 saturated carbocycles. The van der Waals surface area contributed by atoms with Gasteiger partial charge in [0, 0.05) is 0 Å². The average Bonchev–Trinajstić information content (AvgIpc) is 2.53. The summed E-state index contributed by atoms with van der Waals surface area (Å²) in [5.41, 5.74) is 5.84. The van der Waals surface area contributed by atoms with Crippen molar-refractivity contribution in [2.24, 2.45) is 5.73 Å². The lowest BCUT2D eigenvalue weighted by Crippen LogP contribution is -2.06. The highest BCUT2D eigenvalue weighted by atomic mass is 16.5. The molecule has 3 N–H and O–H groups in total. The van der Waals surface area contributed by atoms with Crippen LogP contribution in [0, 0.1) is 0 Å². The van der Waals surface area contributed by atoms with E-state index >= 15 is 0 Å². The van der Waals surface area contributed by atoms with Gasteiger partial charge in [-0.05, 0) is 48.4 Å². The predicted octanol–water partition coefficient (Wildman–Crippen LogP) is 3.39. The molecule has 0 aliphatic heterocycles. The van der Waals surface area contributed by atoms with E-state index < -0.39 is 11.9 Å². The first-order chi connectivity index (χ1) is 10.0. The standard InChI is InChI=1S/C14H14O3.C3H9N/c1-9(14(15)16)10-3-4-12-8-13(17-2)6-5-11(12)7-10;1-2-3-4/h3-9H,1-2H3,(H,15,16);2-4H2,1H3/t9-;/m0./s1. The lowest BCUT2D eigenvalue weighted by molar-refractivity contribution is -0.138. The van der Waals surface area contributed by atoms with E-state index in [1.165, 1.54) is 0 Å². The smallest absolute Gasteiger partial charge is 0.310 e. The molecule has 4 heteroatoms. The van der Waals surface area contributed by atoms with Crippen molar-refractivity contribution in [3.05, 3.63) is 42.0 Å². The van der Waals surface area contributed by atoms with Crippen LogP contribution < -0.4 is 10.5 Å². The Hall–Kier alpha value is -2.07. The van der Waals surface area contributed by atoms with E-state index in [0.29, 0.717) is 0 Å². The van der Waals surface area contributed by atoms with Gasteiger partial charge in [-0.15, -0.1) is 0 Å². The van der Waals surface area contributed by atoms with Crippen LogP contribution >= 0.6 is 0 Å². The number of ether oxygens (including phenoxy) is 1. The molecule has 2 aromatic carbocycles. The van der Waals surface area contributed by atoms with E-state index in [0.717, 1.165) is 35.1 Å². The number of fused-ring (bicyclic) bond motifs is 1. The largest absolute Gasteiger partial charge is 0.497 e. The number of hydrogen-bond acceptors (Lipinski definition) is 3. The molecule has 2 rings (SSSR count). The van der Waals surface area contributed by atoms with Gasteiger partial charge in [0.05, 0.1) is 13.0 Å². The molecular formula is C17H23NO3. The first-order valence-electron chi connectivity index (χ1n) is 7.04. The molecule has 0 saturated heterocycles. The molecule has 0 unspecified atom stereocenters. The molecule has 0 fully saturated rings. The van der Waals surface area contributed by atoms with Crippen LogP contribution in [0.25, 0.3) is 10.8 Å². The Labute approximate surface area is 125 Å². The van der Waals surface area contributed by atoms with E-state index in [2.05, 4.69) is 6.92 Å². The fraction of sp³-hybridized carbons (Fsp3) is 0.353. The number of hydrogen-bond donors (Lipinski definition) is 2. The third-order valence-corrected chi connectivity index (χ3v) is 3.23. The van der Waals surface area contributed by atoms with E-state index in [1.807, 2.05) is 36.4 Å². The number of benzene rings is 2. The van der Waals surface area contributed by atoms with Gasteiger partial charge in [-0.2, -0.15) is 0 Å². The van der Waals surface area contributed by atoms with E-state index in [9.17, 15) is 4.79 Å². The van der Waals surface area contributed by atoms with Gasteiger partial charge in [0.2, 0.25) is 0 Å². The summed E-state index contributed by atoms with van der Waals surface area (Å²) in [6.07, 6.45) is 1.10. The molecule has 2 aromatic rings. The van der Waals surface area contributed by atoms with Gasteiger partial charge >= 0.3 is 5.97 Å². The van der Waals surface area contributed by atoms with Crippen LogP contribution in [0.3, 0.4) is 0 Å². The Morgan fingerprint density at radius 3 is 2.33 bits per heavy atom. The third kappa shape index (κ3) is 4.76. The van der Waals surface area contributed by atoms with Crippen LogP contribution in [-0.4, -0.2) is 24.7 Å². The summed E-state index contributed by atoms with van der Waals surface area (Å²) in [4.78, 5) is 10.9. The molecule has 0 spiro atoms. The summed E-state index contributed by atoms with van der Waals surface area (Å²) in [7, 11) is 1.63. The topological polar surface area (TPSA) is 72.5 Å². The summed E-state index contributed by atoms with van der Waals surface area (Å²) in [5, 5.41) is 11.0. The zero-order chi connectivity index (χ0) is 15.8. The van der Waals surface area contributed by atoms with Crippen LogP contribution in [0.4, 0.5) is 0 Å². The monoisotopic (exact) mass is 289 g/mol. The van der Waals surface area contributed by atoms with Gasteiger partial charge in [-0.25, -0.2) is 0 Å². The molecule has 0 bridgehead atoms. The molecule has 0 radical (unpaired) electrons. The number of carboxylic acid groups (broad SMARTS) is 1. The van der Waals surface area contributed by atoms with Crippen molar-refractivity contribution in [2.75, 3.05) is 13.7 Å². The number of aliphatic carboxylic acids is 1. The number of rotatable bonds is 4. The second-order valence-corrected chi connectivity index (χ2v) is 4.82. The molecule has 0 aliphatic rings. The van der Waals surface area contributed by atoms with Crippen molar-refractivity contribution in [1.82, 2.24) is 0 Å². The average molecular weight is 289 g/mol. The van der Waals surface area contributed by atoms with E-state index in [1.54, 1.807) is 14.0 Å². The second kappa shape index (κ2) is 8.27. The van der Waals surface area contributed by atoms with Gasteiger partial charge in [-0.1, -0.05) is 31.2 Å². The molecule has 0 heterocycles. The molecule has 4 nitrogen and oxygen atoms in total. The number of carbonyl (C=O) groups is 1. The minimum absolute atomic E-state index is 0.485. The molecule has 0 aromatic heterocycles. The van der Waals surface area contributed by atoms with Gasteiger partial charge in [0.1, 0.15) is 5.75 Å². The van der Waals surface area contributed by atoms with Crippen LogP contribution in [0.2, 0.25) is 0 Å². The fourth-order valence-electron chi connectivity index (χ4n) is 1.78. The van der Waals surface area contributed by atoms with Crippen LogP contribution in [0.5, 0.6) is 5.75 Å². The van der Waals surface area contributed by atoms with Crippen molar-refractivity contribution in [3.8, 4) is 5.75 Å². The number of nitrogens with two attached hydrogens (primary N) is 1. The quantitative estimate of drug-likeness (QED) is 0.905. The lowest BCUT2D eigenvalue weighted by atomic mass is 9.98. The maximum atomic E-state index is 10.9. The normalized spacial score (nSPS) is 11.4.